The van der Waals surface area contributed by atoms with Crippen LogP contribution in [-0.4, -0.2) is 11.7 Å². The van der Waals surface area contributed by atoms with Crippen LogP contribution in [0.4, 0.5) is 0 Å². The van der Waals surface area contributed by atoms with Crippen molar-refractivity contribution in [1.82, 2.24) is 0 Å². The maximum absolute atomic E-state index is 9.38. The van der Waals surface area contributed by atoms with Crippen molar-refractivity contribution >= 4 is 0 Å². The largest absolute Gasteiger partial charge is 0.508 e. The molecule has 1 atom stereocenters. The Morgan fingerprint density at radius 2 is 2.20 bits per heavy atom. The molecule has 82 valence electrons. The lowest BCUT2D eigenvalue weighted by Gasteiger charge is -2.24. The van der Waals surface area contributed by atoms with Crippen molar-refractivity contribution in [1.29, 1.82) is 0 Å². The van der Waals surface area contributed by atoms with Gasteiger partial charge in [-0.25, -0.2) is 0 Å². The lowest BCUT2D eigenvalue weighted by Crippen LogP contribution is -2.15. The van der Waals surface area contributed by atoms with Crippen LogP contribution < -0.4 is 5.73 Å². The fraction of sp³-hybridized carbons (Fsp3) is 0.538. The van der Waals surface area contributed by atoms with Crippen LogP contribution >= 0.6 is 0 Å². The minimum absolute atomic E-state index is 0.397. The molecule has 2 nitrogen and oxygen atoms in total. The first-order chi connectivity index (χ1) is 7.29. The van der Waals surface area contributed by atoms with Crippen LogP contribution in [-0.2, 0) is 12.8 Å². The SMILES string of the molecule is NCCCC1CCc2cc(O)ccc2C1. The second-order valence-electron chi connectivity index (χ2n) is 4.49. The number of aryl methyl sites for hydroxylation is 1. The van der Waals surface area contributed by atoms with Gasteiger partial charge in [0.25, 0.3) is 0 Å². The number of fused-ring (bicyclic) bond motifs is 1. The number of phenols is 1. The molecule has 0 radical (unpaired) electrons. The summed E-state index contributed by atoms with van der Waals surface area (Å²) >= 11 is 0. The van der Waals surface area contributed by atoms with Gasteiger partial charge in [-0.3, -0.25) is 0 Å². The average molecular weight is 205 g/mol. The van der Waals surface area contributed by atoms with E-state index in [1.165, 1.54) is 24.0 Å². The molecular weight excluding hydrogens is 186 g/mol. The number of hydrogen-bond acceptors (Lipinski definition) is 2. The third kappa shape index (κ3) is 2.51. The third-order valence-corrected chi connectivity index (χ3v) is 3.34. The predicted octanol–water partition coefficient (Wildman–Crippen LogP) is 2.24. The summed E-state index contributed by atoms with van der Waals surface area (Å²) in [6, 6.07) is 5.78. The van der Waals surface area contributed by atoms with Gasteiger partial charge in [0.05, 0.1) is 0 Å². The molecule has 1 aromatic carbocycles. The Hall–Kier alpha value is -1.02. The minimum atomic E-state index is 0.397. The van der Waals surface area contributed by atoms with Crippen LogP contribution in [0.2, 0.25) is 0 Å². The standard InChI is InChI=1S/C13H19NO/c14-7-1-2-10-3-4-12-9-13(15)6-5-11(12)8-10/h5-6,9-10,15H,1-4,7-8,14H2. The molecule has 0 bridgehead atoms. The van der Waals surface area contributed by atoms with E-state index in [0.717, 1.165) is 31.7 Å². The van der Waals surface area contributed by atoms with Crippen LogP contribution in [0.25, 0.3) is 0 Å². The van der Waals surface area contributed by atoms with Gasteiger partial charge in [0, 0.05) is 0 Å². The second-order valence-corrected chi connectivity index (χ2v) is 4.49. The molecule has 1 aromatic rings. The van der Waals surface area contributed by atoms with Gasteiger partial charge in [-0.15, -0.1) is 0 Å². The molecule has 0 aromatic heterocycles. The Balaban J connectivity index is 2.03. The van der Waals surface area contributed by atoms with E-state index in [0.29, 0.717) is 5.75 Å². The van der Waals surface area contributed by atoms with Crippen molar-refractivity contribution in [3.63, 3.8) is 0 Å². The van der Waals surface area contributed by atoms with Crippen LogP contribution in [0.1, 0.15) is 30.4 Å². The lowest BCUT2D eigenvalue weighted by atomic mass is 9.81. The van der Waals surface area contributed by atoms with E-state index < -0.39 is 0 Å². The Morgan fingerprint density at radius 3 is 3.00 bits per heavy atom. The highest BCUT2D eigenvalue weighted by Gasteiger charge is 2.18. The van der Waals surface area contributed by atoms with E-state index in [2.05, 4.69) is 6.07 Å². The van der Waals surface area contributed by atoms with Gasteiger partial charge < -0.3 is 10.8 Å². The summed E-state index contributed by atoms with van der Waals surface area (Å²) in [5, 5.41) is 9.38. The zero-order valence-electron chi connectivity index (χ0n) is 9.08. The van der Waals surface area contributed by atoms with Gasteiger partial charge in [0.2, 0.25) is 0 Å². The molecule has 0 amide bonds. The van der Waals surface area contributed by atoms with E-state index in [4.69, 9.17) is 5.73 Å². The van der Waals surface area contributed by atoms with Gasteiger partial charge in [-0.1, -0.05) is 6.07 Å². The molecule has 1 unspecified atom stereocenters. The zero-order valence-corrected chi connectivity index (χ0v) is 9.08. The fourth-order valence-corrected chi connectivity index (χ4v) is 2.47. The smallest absolute Gasteiger partial charge is 0.115 e. The molecule has 2 heteroatoms. The summed E-state index contributed by atoms with van der Waals surface area (Å²) in [5.41, 5.74) is 8.28. The highest BCUT2D eigenvalue weighted by molar-refractivity contribution is 5.36. The third-order valence-electron chi connectivity index (χ3n) is 3.34. The van der Waals surface area contributed by atoms with Crippen molar-refractivity contribution in [3.8, 4) is 5.75 Å². The molecule has 1 aliphatic rings. The summed E-state index contributed by atoms with van der Waals surface area (Å²) in [7, 11) is 0. The van der Waals surface area contributed by atoms with E-state index in [1.54, 1.807) is 6.07 Å². The maximum Gasteiger partial charge on any atom is 0.115 e. The van der Waals surface area contributed by atoms with Gasteiger partial charge >= 0.3 is 0 Å². The molecule has 0 spiro atoms. The summed E-state index contributed by atoms with van der Waals surface area (Å²) in [5.74, 6) is 1.19. The predicted molar refractivity (Wildman–Crippen MR) is 61.9 cm³/mol. The number of aromatic hydroxyl groups is 1. The highest BCUT2D eigenvalue weighted by Crippen LogP contribution is 2.30. The summed E-state index contributed by atoms with van der Waals surface area (Å²) in [6.07, 6.45) is 5.90. The van der Waals surface area contributed by atoms with Crippen molar-refractivity contribution in [3.05, 3.63) is 29.3 Å². The monoisotopic (exact) mass is 205 g/mol. The van der Waals surface area contributed by atoms with Gasteiger partial charge in [-0.2, -0.15) is 0 Å². The average Bonchev–Trinajstić information content (AvgIpc) is 2.26. The molecule has 15 heavy (non-hydrogen) atoms. The normalized spacial score (nSPS) is 19.9. The first kappa shape index (κ1) is 10.5. The van der Waals surface area contributed by atoms with Crippen LogP contribution in [0, 0.1) is 5.92 Å². The summed E-state index contributed by atoms with van der Waals surface area (Å²) in [4.78, 5) is 0. The minimum Gasteiger partial charge on any atom is -0.508 e. The number of benzene rings is 1. The maximum atomic E-state index is 9.38. The Bertz CT molecular complexity index is 335. The summed E-state index contributed by atoms with van der Waals surface area (Å²) < 4.78 is 0. The Kier molecular flexibility index (Phi) is 3.27. The number of rotatable bonds is 3. The van der Waals surface area contributed by atoms with Crippen molar-refractivity contribution in [2.45, 2.75) is 32.1 Å². The molecule has 0 heterocycles. The number of hydrogen-bond donors (Lipinski definition) is 2. The molecule has 1 aliphatic carbocycles. The molecule has 0 aliphatic heterocycles. The lowest BCUT2D eigenvalue weighted by molar-refractivity contribution is 0.415. The topological polar surface area (TPSA) is 46.2 Å². The van der Waals surface area contributed by atoms with Crippen molar-refractivity contribution < 1.29 is 5.11 Å². The Morgan fingerprint density at radius 1 is 1.33 bits per heavy atom. The van der Waals surface area contributed by atoms with E-state index in [9.17, 15) is 5.11 Å². The molecule has 0 fully saturated rings. The second kappa shape index (κ2) is 4.67. The molecule has 3 N–H and O–H groups in total. The zero-order chi connectivity index (χ0) is 10.7. The van der Waals surface area contributed by atoms with Gasteiger partial charge in [0.15, 0.2) is 0 Å². The van der Waals surface area contributed by atoms with E-state index in [1.807, 2.05) is 6.07 Å². The quantitative estimate of drug-likeness (QED) is 0.795. The first-order valence-corrected chi connectivity index (χ1v) is 5.80. The van der Waals surface area contributed by atoms with E-state index in [-0.39, 0.29) is 0 Å². The number of nitrogens with two attached hydrogens (primary N) is 1. The van der Waals surface area contributed by atoms with Crippen molar-refractivity contribution in [2.75, 3.05) is 6.54 Å². The molecular formula is C13H19NO. The van der Waals surface area contributed by atoms with Crippen molar-refractivity contribution in [2.24, 2.45) is 11.7 Å². The number of phenolic OH excluding ortho intramolecular Hbond substituents is 1. The molecule has 2 rings (SSSR count). The molecule has 0 saturated carbocycles. The molecule has 0 saturated heterocycles. The Labute approximate surface area is 91.1 Å². The fourth-order valence-electron chi connectivity index (χ4n) is 2.47. The summed E-state index contributed by atoms with van der Waals surface area (Å²) in [6.45, 7) is 0.804. The van der Waals surface area contributed by atoms with Crippen LogP contribution in [0.15, 0.2) is 18.2 Å². The van der Waals surface area contributed by atoms with Gasteiger partial charge in [0.1, 0.15) is 5.75 Å². The van der Waals surface area contributed by atoms with Gasteiger partial charge in [-0.05, 0) is 67.8 Å². The highest BCUT2D eigenvalue weighted by atomic mass is 16.3. The van der Waals surface area contributed by atoms with E-state index >= 15 is 0 Å². The van der Waals surface area contributed by atoms with Crippen LogP contribution in [0.3, 0.4) is 0 Å². The first-order valence-electron chi connectivity index (χ1n) is 5.80. The van der Waals surface area contributed by atoms with Crippen LogP contribution in [0.5, 0.6) is 5.75 Å².